The molecule has 0 spiro atoms. The topological polar surface area (TPSA) is 30.0 Å². The van der Waals surface area contributed by atoms with Crippen LogP contribution >= 0.6 is 0 Å². The fourth-order valence-corrected chi connectivity index (χ4v) is 3.47. The van der Waals surface area contributed by atoms with Gasteiger partial charge in [-0.1, -0.05) is 49.6 Å². The van der Waals surface area contributed by atoms with E-state index in [-0.39, 0.29) is 5.48 Å². The Hall–Kier alpha value is -0.860. The fraction of sp³-hybridized carbons (Fsp3) is 0.625. The summed E-state index contributed by atoms with van der Waals surface area (Å²) in [5.74, 6) is 0. The molecule has 0 unspecified atom stereocenters. The Morgan fingerprint density at radius 3 is 2.00 bits per heavy atom. The molecule has 0 heterocycles. The molecule has 1 aliphatic rings. The fourth-order valence-electron chi connectivity index (χ4n) is 3.47. The minimum atomic E-state index is 0. The predicted octanol–water partition coefficient (Wildman–Crippen LogP) is 3.42. The van der Waals surface area contributed by atoms with Gasteiger partial charge in [0.25, 0.3) is 0 Å². The van der Waals surface area contributed by atoms with E-state index in [0.717, 1.165) is 4.48 Å². The van der Waals surface area contributed by atoms with Crippen LogP contribution in [-0.2, 0) is 5.41 Å². The van der Waals surface area contributed by atoms with Gasteiger partial charge in [-0.25, -0.2) is 0 Å². The van der Waals surface area contributed by atoms with Crippen molar-refractivity contribution in [1.29, 1.82) is 0 Å². The summed E-state index contributed by atoms with van der Waals surface area (Å²) in [6, 6.07) is 11.2. The van der Waals surface area contributed by atoms with Gasteiger partial charge < -0.3 is 9.96 Å². The van der Waals surface area contributed by atoms with Crippen LogP contribution in [-0.4, -0.2) is 37.6 Å². The SMILES string of the molecule is C[N+](C)(C)CC1(c2ccccc2)CCCCC1.[OH-]. The molecular formula is C16H27NO. The Bertz CT molecular complexity index is 347. The van der Waals surface area contributed by atoms with Crippen molar-refractivity contribution in [1.82, 2.24) is 0 Å². The van der Waals surface area contributed by atoms with Gasteiger partial charge in [0.2, 0.25) is 0 Å². The summed E-state index contributed by atoms with van der Waals surface area (Å²) < 4.78 is 1.06. The van der Waals surface area contributed by atoms with Gasteiger partial charge in [0.1, 0.15) is 0 Å². The number of nitrogens with zero attached hydrogens (tertiary/aromatic N) is 1. The van der Waals surface area contributed by atoms with Gasteiger partial charge in [-0.2, -0.15) is 0 Å². The van der Waals surface area contributed by atoms with Crippen LogP contribution in [0.1, 0.15) is 37.7 Å². The van der Waals surface area contributed by atoms with Crippen LogP contribution in [0.2, 0.25) is 0 Å². The van der Waals surface area contributed by atoms with Crippen molar-refractivity contribution in [3.05, 3.63) is 35.9 Å². The maximum absolute atomic E-state index is 2.33. The average molecular weight is 249 g/mol. The molecule has 0 aliphatic heterocycles. The highest BCUT2D eigenvalue weighted by Crippen LogP contribution is 2.40. The Morgan fingerprint density at radius 2 is 1.50 bits per heavy atom. The molecule has 0 amide bonds. The van der Waals surface area contributed by atoms with Crippen molar-refractivity contribution in [2.45, 2.75) is 37.5 Å². The molecule has 1 aromatic carbocycles. The van der Waals surface area contributed by atoms with Gasteiger partial charge >= 0.3 is 0 Å². The normalized spacial score (nSPS) is 19.1. The summed E-state index contributed by atoms with van der Waals surface area (Å²) in [7, 11) is 6.96. The molecule has 1 aliphatic carbocycles. The summed E-state index contributed by atoms with van der Waals surface area (Å²) in [6.07, 6.45) is 6.95. The zero-order valence-corrected chi connectivity index (χ0v) is 12.0. The largest absolute Gasteiger partial charge is 0.870 e. The second kappa shape index (κ2) is 5.85. The molecule has 2 nitrogen and oxygen atoms in total. The van der Waals surface area contributed by atoms with Crippen molar-refractivity contribution in [2.75, 3.05) is 27.7 Å². The molecule has 0 bridgehead atoms. The standard InChI is InChI=1S/C16H26N.H2O/c1-17(2,3)14-16(12-8-5-9-13-16)15-10-6-4-7-11-15;/h4,6-7,10-11H,5,8-9,12-14H2,1-3H3;1H2/q+1;/p-1. The number of rotatable bonds is 3. The second-order valence-corrected chi connectivity index (χ2v) is 6.66. The smallest absolute Gasteiger partial charge is 0.0878 e. The quantitative estimate of drug-likeness (QED) is 0.755. The third-order valence-electron chi connectivity index (χ3n) is 3.97. The summed E-state index contributed by atoms with van der Waals surface area (Å²) in [5.41, 5.74) is 1.99. The number of hydrogen-bond donors (Lipinski definition) is 0. The van der Waals surface area contributed by atoms with Crippen LogP contribution in [0.5, 0.6) is 0 Å². The Labute approximate surface area is 112 Å². The first-order chi connectivity index (χ1) is 8.02. The Morgan fingerprint density at radius 1 is 0.944 bits per heavy atom. The van der Waals surface area contributed by atoms with Crippen molar-refractivity contribution in [3.63, 3.8) is 0 Å². The molecule has 1 aromatic rings. The first-order valence-electron chi connectivity index (χ1n) is 6.88. The molecule has 18 heavy (non-hydrogen) atoms. The molecule has 102 valence electrons. The van der Waals surface area contributed by atoms with E-state index in [1.165, 1.54) is 38.6 Å². The van der Waals surface area contributed by atoms with Crippen LogP contribution in [0.3, 0.4) is 0 Å². The zero-order chi connectivity index (χ0) is 12.4. The molecular weight excluding hydrogens is 222 g/mol. The lowest BCUT2D eigenvalue weighted by molar-refractivity contribution is -0.875. The van der Waals surface area contributed by atoms with Crippen molar-refractivity contribution in [2.24, 2.45) is 0 Å². The van der Waals surface area contributed by atoms with Gasteiger partial charge in [0.15, 0.2) is 0 Å². The maximum Gasteiger partial charge on any atom is 0.0878 e. The van der Waals surface area contributed by atoms with Crippen LogP contribution in [0.25, 0.3) is 0 Å². The Balaban J connectivity index is 0.00000162. The minimum Gasteiger partial charge on any atom is -0.870 e. The van der Waals surface area contributed by atoms with Gasteiger partial charge in [-0.15, -0.1) is 0 Å². The van der Waals surface area contributed by atoms with Gasteiger partial charge in [-0.3, -0.25) is 0 Å². The van der Waals surface area contributed by atoms with Gasteiger partial charge in [0, 0.05) is 5.41 Å². The third kappa shape index (κ3) is 3.56. The van der Waals surface area contributed by atoms with Crippen LogP contribution < -0.4 is 0 Å². The van der Waals surface area contributed by atoms with E-state index in [1.54, 1.807) is 5.56 Å². The van der Waals surface area contributed by atoms with E-state index in [0.29, 0.717) is 5.41 Å². The summed E-state index contributed by atoms with van der Waals surface area (Å²) in [4.78, 5) is 0. The highest BCUT2D eigenvalue weighted by molar-refractivity contribution is 5.26. The highest BCUT2D eigenvalue weighted by atomic mass is 16.0. The lowest BCUT2D eigenvalue weighted by Gasteiger charge is -2.42. The zero-order valence-electron chi connectivity index (χ0n) is 12.0. The molecule has 0 saturated heterocycles. The lowest BCUT2D eigenvalue weighted by Crippen LogP contribution is -2.48. The average Bonchev–Trinajstić information content (AvgIpc) is 2.29. The maximum atomic E-state index is 2.33. The predicted molar refractivity (Wildman–Crippen MR) is 76.0 cm³/mol. The first kappa shape index (κ1) is 15.2. The summed E-state index contributed by atoms with van der Waals surface area (Å²) >= 11 is 0. The molecule has 0 aromatic heterocycles. The van der Waals surface area contributed by atoms with Crippen LogP contribution in [0, 0.1) is 0 Å². The van der Waals surface area contributed by atoms with Crippen LogP contribution in [0.4, 0.5) is 0 Å². The summed E-state index contributed by atoms with van der Waals surface area (Å²) in [5, 5.41) is 0. The third-order valence-corrected chi connectivity index (χ3v) is 3.97. The molecule has 2 heteroatoms. The second-order valence-electron chi connectivity index (χ2n) is 6.66. The lowest BCUT2D eigenvalue weighted by atomic mass is 9.69. The van der Waals surface area contributed by atoms with Gasteiger partial charge in [-0.05, 0) is 18.4 Å². The monoisotopic (exact) mass is 249 g/mol. The van der Waals surface area contributed by atoms with E-state index in [4.69, 9.17) is 0 Å². The molecule has 0 atom stereocenters. The molecule has 1 saturated carbocycles. The molecule has 1 N–H and O–H groups in total. The van der Waals surface area contributed by atoms with Gasteiger partial charge in [0.05, 0.1) is 27.7 Å². The van der Waals surface area contributed by atoms with E-state index in [2.05, 4.69) is 51.5 Å². The highest BCUT2D eigenvalue weighted by Gasteiger charge is 2.38. The van der Waals surface area contributed by atoms with Crippen molar-refractivity contribution < 1.29 is 9.96 Å². The molecule has 2 rings (SSSR count). The first-order valence-corrected chi connectivity index (χ1v) is 6.88. The van der Waals surface area contributed by atoms with Crippen molar-refractivity contribution in [3.8, 4) is 0 Å². The molecule has 0 radical (unpaired) electrons. The Kier molecular flexibility index (Phi) is 4.94. The van der Waals surface area contributed by atoms with E-state index in [9.17, 15) is 0 Å². The van der Waals surface area contributed by atoms with E-state index < -0.39 is 0 Å². The number of benzene rings is 1. The van der Waals surface area contributed by atoms with E-state index in [1.807, 2.05) is 0 Å². The summed E-state index contributed by atoms with van der Waals surface area (Å²) in [6.45, 7) is 1.26. The van der Waals surface area contributed by atoms with E-state index >= 15 is 0 Å². The molecule has 1 fully saturated rings. The number of quaternary nitrogens is 1. The minimum absolute atomic E-state index is 0. The van der Waals surface area contributed by atoms with Crippen molar-refractivity contribution >= 4 is 0 Å². The number of hydrogen-bond acceptors (Lipinski definition) is 1. The number of likely N-dealkylation sites (N-methyl/N-ethyl adjacent to an activating group) is 1. The van der Waals surface area contributed by atoms with Crippen LogP contribution in [0.15, 0.2) is 30.3 Å².